The van der Waals surface area contributed by atoms with Crippen LogP contribution in [0.25, 0.3) is 0 Å². The molecule has 0 rings (SSSR count). The summed E-state index contributed by atoms with van der Waals surface area (Å²) in [6.07, 6.45) is 0. The molecule has 0 aromatic rings. The second kappa shape index (κ2) is 14.3. The largest absolute Gasteiger partial charge is 1.00 e. The molecule has 0 heterocycles. The fourth-order valence-electron chi connectivity index (χ4n) is 0. The molecule has 0 saturated heterocycles. The van der Waals surface area contributed by atoms with E-state index in [0.717, 1.165) is 0 Å². The normalized spacial score (nSPS) is 8.44. The topological polar surface area (TPSA) is 63.0 Å². The summed E-state index contributed by atoms with van der Waals surface area (Å²) in [7, 11) is 20.0. The Morgan fingerprint density at radius 2 is 0.667 bits per heavy atom. The summed E-state index contributed by atoms with van der Waals surface area (Å²) < 4.78 is 0. The van der Waals surface area contributed by atoms with Crippen LogP contribution in [0.1, 0.15) is 0 Å². The zero-order valence-electron chi connectivity index (χ0n) is 4.83. The maximum atomic E-state index is 5.01. The minimum atomic E-state index is -3.06. The predicted octanol–water partition coefficient (Wildman–Crippen LogP) is -4.89. The van der Waals surface area contributed by atoms with Crippen molar-refractivity contribution in [3.8, 4) is 0 Å². The Morgan fingerprint density at radius 3 is 0.667 bits per heavy atom. The van der Waals surface area contributed by atoms with Gasteiger partial charge in [-0.2, -0.15) is 0 Å². The van der Waals surface area contributed by atoms with Crippen molar-refractivity contribution in [1.82, 2.24) is 0 Å². The fraction of sp³-hybridized carbons (Fsp3) is 0. The van der Waals surface area contributed by atoms with E-state index in [9.17, 15) is 0 Å². The smallest absolute Gasteiger partial charge is 1.00 e. The second-order valence-electron chi connectivity index (χ2n) is 0.271. The maximum absolute atomic E-state index is 5.01. The molecule has 2 nitrogen and oxygen atoms in total. The van der Waals surface area contributed by atoms with Gasteiger partial charge in [0, 0.05) is 0 Å². The molecule has 0 fully saturated rings. The van der Waals surface area contributed by atoms with Gasteiger partial charge < -0.3 is 11.0 Å². The van der Waals surface area contributed by atoms with Gasteiger partial charge in [-0.15, -0.1) is 0 Å². The monoisotopic (exact) mass is 417 g/mol. The van der Waals surface area contributed by atoms with Gasteiger partial charge in [0.2, 0.25) is 0 Å². The van der Waals surface area contributed by atoms with Gasteiger partial charge in [-0.1, -0.05) is 0 Å². The van der Waals surface area contributed by atoms with E-state index in [1.165, 1.54) is 0 Å². The molecular formula is H4Cl4Na2O2Pt. The molecule has 0 aliphatic carbocycles. The Hall–Kier alpha value is 3.77. The van der Waals surface area contributed by atoms with Gasteiger partial charge in [-0.25, -0.2) is 0 Å². The number of halogens is 4. The molecule has 0 aliphatic rings. The van der Waals surface area contributed by atoms with E-state index < -0.39 is 11.9 Å². The van der Waals surface area contributed by atoms with E-state index in [2.05, 4.69) is 0 Å². The zero-order chi connectivity index (χ0) is 4.50. The standard InChI is InChI=1S/4ClH.2Na.2H2O.Pt/h4*1H;;;2*1H2;/q;;;;2*+1;;;+2/p-4. The SMILES string of the molecule is O.O.[Cl][Pt-2]([Cl])([Cl])[Cl].[Na+].[Na+]. The molecule has 0 unspecified atom stereocenters. The molecular weight excluding hydrogens is 415 g/mol. The van der Waals surface area contributed by atoms with Crippen molar-refractivity contribution in [2.24, 2.45) is 0 Å². The van der Waals surface area contributed by atoms with Crippen LogP contribution in [-0.4, -0.2) is 11.0 Å². The molecule has 0 aliphatic heterocycles. The fourth-order valence-corrected chi connectivity index (χ4v) is 0. The molecule has 0 aromatic carbocycles. The van der Waals surface area contributed by atoms with Crippen LogP contribution in [0, 0.1) is 0 Å². The van der Waals surface area contributed by atoms with Gasteiger partial charge in [0.1, 0.15) is 0 Å². The molecule has 0 aromatic heterocycles. The number of hydrogen-bond donors (Lipinski definition) is 0. The molecule has 4 N–H and O–H groups in total. The number of hydrogen-bond acceptors (Lipinski definition) is 0. The van der Waals surface area contributed by atoms with Gasteiger partial charge in [-0.05, 0) is 0 Å². The molecule has 0 atom stereocenters. The van der Waals surface area contributed by atoms with Gasteiger partial charge in [0.25, 0.3) is 0 Å². The molecule has 9 heavy (non-hydrogen) atoms. The first-order valence-corrected chi connectivity index (χ1v) is 11.7. The van der Waals surface area contributed by atoms with Crippen LogP contribution in [0.4, 0.5) is 0 Å². The van der Waals surface area contributed by atoms with Crippen LogP contribution in [0.3, 0.4) is 0 Å². The third-order valence-corrected chi connectivity index (χ3v) is 0. The van der Waals surface area contributed by atoms with E-state index >= 15 is 0 Å². The first kappa shape index (κ1) is 29.3. The maximum Gasteiger partial charge on any atom is 1.00 e. The predicted molar refractivity (Wildman–Crippen MR) is 30.6 cm³/mol. The summed E-state index contributed by atoms with van der Waals surface area (Å²) in [5.74, 6) is 0. The van der Waals surface area contributed by atoms with Crippen molar-refractivity contribution < 1.29 is 82.0 Å². The Kier molecular flexibility index (Phi) is 46.6. The van der Waals surface area contributed by atoms with Gasteiger partial charge >= 0.3 is 109 Å². The van der Waals surface area contributed by atoms with Crippen molar-refractivity contribution in [3.05, 3.63) is 0 Å². The zero-order valence-corrected chi connectivity index (χ0v) is 14.1. The van der Waals surface area contributed by atoms with Gasteiger partial charge in [0.05, 0.1) is 0 Å². The van der Waals surface area contributed by atoms with Crippen molar-refractivity contribution >= 4 is 37.7 Å². The number of rotatable bonds is 0. The molecule has 56 valence electrons. The Labute approximate surface area is 117 Å². The van der Waals surface area contributed by atoms with Gasteiger partial charge in [0.15, 0.2) is 0 Å². The average Bonchev–Trinajstić information content (AvgIpc) is 0.722. The Morgan fingerprint density at radius 1 is 0.667 bits per heavy atom. The van der Waals surface area contributed by atoms with Crippen LogP contribution < -0.4 is 59.1 Å². The summed E-state index contributed by atoms with van der Waals surface area (Å²) >= 11 is -3.06. The first-order valence-electron chi connectivity index (χ1n) is 0.478. The first-order chi connectivity index (χ1) is 2.00. The average molecular weight is 419 g/mol. The Balaban J connectivity index is -0.0000000133. The van der Waals surface area contributed by atoms with Crippen molar-refractivity contribution in [3.63, 3.8) is 0 Å². The van der Waals surface area contributed by atoms with Crippen molar-refractivity contribution in [2.75, 3.05) is 0 Å². The molecule has 0 radical (unpaired) electrons. The van der Waals surface area contributed by atoms with Crippen LogP contribution in [0.5, 0.6) is 0 Å². The van der Waals surface area contributed by atoms with Crippen LogP contribution >= 0.6 is 37.7 Å². The van der Waals surface area contributed by atoms with Crippen LogP contribution in [0.15, 0.2) is 0 Å². The quantitative estimate of drug-likeness (QED) is 0.354. The molecule has 0 amide bonds. The third-order valence-electron chi connectivity index (χ3n) is 0. The van der Waals surface area contributed by atoms with Crippen molar-refractivity contribution in [1.29, 1.82) is 0 Å². The van der Waals surface area contributed by atoms with Gasteiger partial charge in [-0.3, -0.25) is 0 Å². The van der Waals surface area contributed by atoms with E-state index in [1.54, 1.807) is 0 Å². The summed E-state index contributed by atoms with van der Waals surface area (Å²) in [4.78, 5) is 0. The molecule has 0 bridgehead atoms. The van der Waals surface area contributed by atoms with E-state index in [0.29, 0.717) is 0 Å². The van der Waals surface area contributed by atoms with Crippen LogP contribution in [0.2, 0.25) is 0 Å². The third kappa shape index (κ3) is 79.1. The van der Waals surface area contributed by atoms with Crippen molar-refractivity contribution in [2.45, 2.75) is 0 Å². The minimum Gasteiger partial charge on any atom is 1.00 e. The molecule has 0 saturated carbocycles. The Bertz CT molecular complexity index is 32.0. The summed E-state index contributed by atoms with van der Waals surface area (Å²) in [5, 5.41) is 0. The van der Waals surface area contributed by atoms with Crippen LogP contribution in [-0.2, 0) is 11.9 Å². The minimum absolute atomic E-state index is 0. The van der Waals surface area contributed by atoms with E-state index in [4.69, 9.17) is 37.7 Å². The summed E-state index contributed by atoms with van der Waals surface area (Å²) in [5.41, 5.74) is 0. The summed E-state index contributed by atoms with van der Waals surface area (Å²) in [6.45, 7) is 0. The molecule has 0 spiro atoms. The van der Waals surface area contributed by atoms with E-state index in [1.807, 2.05) is 0 Å². The molecule has 9 heteroatoms. The van der Waals surface area contributed by atoms with E-state index in [-0.39, 0.29) is 70.1 Å². The second-order valence-corrected chi connectivity index (χ2v) is 20.0. The summed E-state index contributed by atoms with van der Waals surface area (Å²) in [6, 6.07) is 0.